The van der Waals surface area contributed by atoms with Crippen LogP contribution in [-0.4, -0.2) is 16.6 Å². The second-order valence-electron chi connectivity index (χ2n) is 10.1. The fourth-order valence-electron chi connectivity index (χ4n) is 5.92. The molecular formula is C30H38Cl2Si2Zr. The van der Waals surface area contributed by atoms with E-state index in [1.165, 1.54) is 0 Å². The van der Waals surface area contributed by atoms with Crippen LogP contribution in [0.1, 0.15) is 6.42 Å². The van der Waals surface area contributed by atoms with E-state index in [9.17, 15) is 0 Å². The van der Waals surface area contributed by atoms with E-state index in [0.29, 0.717) is 35.5 Å². The molecule has 2 radical (unpaired) electrons. The minimum absolute atomic E-state index is 0. The van der Waals surface area contributed by atoms with Crippen LogP contribution in [0.3, 0.4) is 0 Å². The molecule has 0 N–H and O–H groups in total. The molecule has 5 heteroatoms. The summed E-state index contributed by atoms with van der Waals surface area (Å²) in [5.74, 6) is 5.66. The zero-order valence-corrected chi connectivity index (χ0v) is 27.3. The smallest absolute Gasteiger partial charge is 1.00 e. The van der Waals surface area contributed by atoms with Gasteiger partial charge in [-0.05, 0) is 29.6 Å². The average Bonchev–Trinajstić information content (AvgIpc) is 3.51. The van der Waals surface area contributed by atoms with Gasteiger partial charge in [-0.3, -0.25) is 6.08 Å². The second-order valence-corrected chi connectivity index (χ2v) is 20.1. The Balaban J connectivity index is 0.000000372. The second kappa shape index (κ2) is 15.9. The molecule has 0 nitrogen and oxygen atoms in total. The molecule has 8 atom stereocenters. The number of allylic oxidation sites excluding steroid dienone is 16. The predicted octanol–water partition coefficient (Wildman–Crippen LogP) is 1.41. The Kier molecular flexibility index (Phi) is 14.9. The number of hydrogen-bond acceptors (Lipinski definition) is 0. The molecule has 2 fully saturated rings. The molecule has 0 spiro atoms. The molecule has 0 aromatic heterocycles. The Labute approximate surface area is 249 Å². The molecule has 0 saturated heterocycles. The maximum Gasteiger partial charge on any atom is 4.00 e. The van der Waals surface area contributed by atoms with Crippen molar-refractivity contribution < 1.29 is 51.0 Å². The zero-order valence-electron chi connectivity index (χ0n) is 21.3. The van der Waals surface area contributed by atoms with Gasteiger partial charge in [0.1, 0.15) is 0 Å². The first-order valence-electron chi connectivity index (χ1n) is 12.3. The third-order valence-corrected chi connectivity index (χ3v) is 15.9. The third kappa shape index (κ3) is 7.90. The first-order valence-corrected chi connectivity index (χ1v) is 18.3. The van der Waals surface area contributed by atoms with Crippen molar-refractivity contribution in [3.63, 3.8) is 0 Å². The predicted molar refractivity (Wildman–Crippen MR) is 144 cm³/mol. The first-order chi connectivity index (χ1) is 15.6. The Morgan fingerprint density at radius 3 is 1.60 bits per heavy atom. The van der Waals surface area contributed by atoms with Crippen molar-refractivity contribution in [2.45, 2.75) is 32.6 Å². The minimum Gasteiger partial charge on any atom is -1.00 e. The van der Waals surface area contributed by atoms with E-state index < -0.39 is 0 Å². The molecule has 6 aliphatic rings. The quantitative estimate of drug-likeness (QED) is 0.309. The standard InChI is InChI=1S/C21H21.C5H5.C4H12Si2.2ClH.Zr/c1-2-8-15-14(7-1)13-20-18-11-4-3-9-16(18)17-10-5-6-12-19(17)21(15)20;1-2-4-5-3-1;1-5(2)6(3)4;;;/h1-21H;1-3H,4H2;1-4H3;2*1H;/q2*-1;;;;+4/p-2. The molecule has 0 bridgehead atoms. The maximum absolute atomic E-state index is 2.99. The molecule has 6 rings (SSSR count). The van der Waals surface area contributed by atoms with Crippen LogP contribution in [0.2, 0.25) is 26.2 Å². The first kappa shape index (κ1) is 32.8. The summed E-state index contributed by atoms with van der Waals surface area (Å²) >= 11 is 0. The number of rotatable bonds is 1. The minimum atomic E-state index is 0. The molecule has 0 aliphatic heterocycles. The molecule has 2 saturated carbocycles. The van der Waals surface area contributed by atoms with Crippen molar-refractivity contribution in [2.75, 3.05) is 0 Å². The van der Waals surface area contributed by atoms with Gasteiger partial charge in [0, 0.05) is 16.6 Å². The van der Waals surface area contributed by atoms with E-state index in [2.05, 4.69) is 118 Å². The van der Waals surface area contributed by atoms with Crippen molar-refractivity contribution in [3.8, 4) is 0 Å². The Morgan fingerprint density at radius 1 is 0.629 bits per heavy atom. The summed E-state index contributed by atoms with van der Waals surface area (Å²) in [6, 6.07) is 0. The van der Waals surface area contributed by atoms with Gasteiger partial charge in [0.2, 0.25) is 0 Å². The molecule has 0 aromatic carbocycles. The monoisotopic (exact) mass is 614 g/mol. The maximum atomic E-state index is 2.99. The summed E-state index contributed by atoms with van der Waals surface area (Å²) in [6.45, 7) is 9.55. The van der Waals surface area contributed by atoms with Crippen LogP contribution in [0.4, 0.5) is 0 Å². The van der Waals surface area contributed by atoms with Gasteiger partial charge in [-0.1, -0.05) is 98.9 Å². The number of halogens is 2. The van der Waals surface area contributed by atoms with Crippen LogP contribution in [-0.2, 0) is 26.2 Å². The molecular weight excluding hydrogens is 579 g/mol. The summed E-state index contributed by atoms with van der Waals surface area (Å²) in [4.78, 5) is 0. The average molecular weight is 617 g/mol. The van der Waals surface area contributed by atoms with Crippen LogP contribution in [0, 0.1) is 59.8 Å². The summed E-state index contributed by atoms with van der Waals surface area (Å²) in [5.41, 5.74) is 0. The fourth-order valence-corrected chi connectivity index (χ4v) is 5.92. The summed E-state index contributed by atoms with van der Waals surface area (Å²) in [6.07, 6.45) is 41.0. The van der Waals surface area contributed by atoms with Crippen molar-refractivity contribution in [2.24, 2.45) is 47.3 Å². The number of fused-ring (bicyclic) bond motifs is 8. The molecule has 0 heterocycles. The summed E-state index contributed by atoms with van der Waals surface area (Å²) in [5, 5.41) is 0. The van der Waals surface area contributed by atoms with E-state index >= 15 is 0 Å². The third-order valence-electron chi connectivity index (χ3n) is 7.92. The largest absolute Gasteiger partial charge is 4.00 e. The van der Waals surface area contributed by atoms with Gasteiger partial charge in [-0.2, -0.15) is 12.0 Å². The molecule has 0 aromatic rings. The van der Waals surface area contributed by atoms with Crippen molar-refractivity contribution in [1.29, 1.82) is 0 Å². The van der Waals surface area contributed by atoms with Crippen LogP contribution in [0.5, 0.6) is 0 Å². The van der Waals surface area contributed by atoms with E-state index in [1.807, 2.05) is 12.2 Å². The van der Waals surface area contributed by atoms with E-state index in [1.54, 1.807) is 0 Å². The van der Waals surface area contributed by atoms with Crippen molar-refractivity contribution >= 4 is 16.6 Å². The Hall–Kier alpha value is -0.183. The van der Waals surface area contributed by atoms with Crippen LogP contribution >= 0.6 is 0 Å². The van der Waals surface area contributed by atoms with Crippen molar-refractivity contribution in [1.82, 2.24) is 0 Å². The van der Waals surface area contributed by atoms with Crippen LogP contribution in [0.25, 0.3) is 0 Å². The van der Waals surface area contributed by atoms with Crippen LogP contribution in [0.15, 0.2) is 91.1 Å². The van der Waals surface area contributed by atoms with Gasteiger partial charge in [0.25, 0.3) is 0 Å². The summed E-state index contributed by atoms with van der Waals surface area (Å²) < 4.78 is 0. The van der Waals surface area contributed by atoms with Gasteiger partial charge < -0.3 is 31.2 Å². The van der Waals surface area contributed by atoms with Crippen LogP contribution < -0.4 is 24.8 Å². The summed E-state index contributed by atoms with van der Waals surface area (Å²) in [7, 11) is 0.300. The Morgan fingerprint density at radius 2 is 1.11 bits per heavy atom. The Bertz CT molecular complexity index is 865. The van der Waals surface area contributed by atoms with Gasteiger partial charge in [-0.15, -0.1) is 18.4 Å². The van der Waals surface area contributed by atoms with Gasteiger partial charge in [0.05, 0.1) is 0 Å². The van der Waals surface area contributed by atoms with Gasteiger partial charge in [0.15, 0.2) is 0 Å². The van der Waals surface area contributed by atoms with E-state index in [-0.39, 0.29) is 67.6 Å². The van der Waals surface area contributed by atoms with E-state index in [0.717, 1.165) is 18.3 Å². The molecule has 35 heavy (non-hydrogen) atoms. The molecule has 0 amide bonds. The topological polar surface area (TPSA) is 0 Å². The van der Waals surface area contributed by atoms with E-state index in [4.69, 9.17) is 0 Å². The zero-order chi connectivity index (χ0) is 22.5. The molecule has 184 valence electrons. The van der Waals surface area contributed by atoms with Gasteiger partial charge in [-0.25, -0.2) is 12.2 Å². The molecule has 8 unspecified atom stereocenters. The normalized spacial score (nSPS) is 35.3. The van der Waals surface area contributed by atoms with Crippen molar-refractivity contribution in [3.05, 3.63) is 104 Å². The van der Waals surface area contributed by atoms with Gasteiger partial charge >= 0.3 is 26.2 Å². The SMILES string of the molecule is C1=CC2[CH-]C3C4C=CC=CC4C4C=CC=CC4C3C2C=C1.C[Si](C)[Si](C)C.[C-]1=CC=CC1.[Cl-].[Cl-].[Zr+4]. The molecule has 6 aliphatic carbocycles. The number of hydrogen-bond donors (Lipinski definition) is 0. The fraction of sp³-hybridized carbons (Fsp3) is 0.433.